The minimum Gasteiger partial charge on any atom is -0.379 e. The molecule has 0 radical (unpaired) electrons. The zero-order chi connectivity index (χ0) is 14.5. The number of nitrogens with zero attached hydrogens (tertiary/aromatic N) is 2. The molecule has 0 fully saturated rings. The standard InChI is InChI=1S/C14H14FN3O2/c1-10(8-11-2-4-12(15)5-3-11)17-13-6-7-14(16-9-13)18(19)20/h2-7,9-10,17H,8H2,1H3. The lowest BCUT2D eigenvalue weighted by atomic mass is 10.1. The lowest BCUT2D eigenvalue weighted by Crippen LogP contribution is -2.18. The largest absolute Gasteiger partial charge is 0.379 e. The third-order valence-electron chi connectivity index (χ3n) is 2.80. The summed E-state index contributed by atoms with van der Waals surface area (Å²) in [5.74, 6) is -0.435. The molecule has 5 nitrogen and oxygen atoms in total. The van der Waals surface area contributed by atoms with Gasteiger partial charge in [-0.15, -0.1) is 0 Å². The predicted molar refractivity (Wildman–Crippen MR) is 74.1 cm³/mol. The zero-order valence-electron chi connectivity index (χ0n) is 10.9. The Morgan fingerprint density at radius 2 is 2.00 bits per heavy atom. The Morgan fingerprint density at radius 3 is 2.55 bits per heavy atom. The Kier molecular flexibility index (Phi) is 4.24. The van der Waals surface area contributed by atoms with E-state index in [1.165, 1.54) is 24.4 Å². The molecule has 0 saturated carbocycles. The topological polar surface area (TPSA) is 68.1 Å². The fraction of sp³-hybridized carbons (Fsp3) is 0.214. The molecule has 0 aliphatic rings. The van der Waals surface area contributed by atoms with Gasteiger partial charge in [-0.3, -0.25) is 0 Å². The molecule has 0 aliphatic heterocycles. The first-order chi connectivity index (χ1) is 9.54. The van der Waals surface area contributed by atoms with Gasteiger partial charge in [0.25, 0.3) is 0 Å². The van der Waals surface area contributed by atoms with Crippen molar-refractivity contribution < 1.29 is 9.31 Å². The highest BCUT2D eigenvalue weighted by atomic mass is 19.1. The van der Waals surface area contributed by atoms with Crippen LogP contribution in [0.25, 0.3) is 0 Å². The van der Waals surface area contributed by atoms with Crippen LogP contribution in [0.3, 0.4) is 0 Å². The monoisotopic (exact) mass is 275 g/mol. The summed E-state index contributed by atoms with van der Waals surface area (Å²) in [5.41, 5.74) is 1.73. The zero-order valence-corrected chi connectivity index (χ0v) is 10.9. The summed E-state index contributed by atoms with van der Waals surface area (Å²) in [6.07, 6.45) is 2.15. The van der Waals surface area contributed by atoms with Gasteiger partial charge in [0, 0.05) is 12.1 Å². The molecule has 0 amide bonds. The second-order valence-corrected chi connectivity index (χ2v) is 4.54. The number of aromatic nitrogens is 1. The van der Waals surface area contributed by atoms with Crippen molar-refractivity contribution >= 4 is 11.5 Å². The molecule has 1 N–H and O–H groups in total. The number of hydrogen-bond donors (Lipinski definition) is 1. The maximum absolute atomic E-state index is 12.8. The van der Waals surface area contributed by atoms with E-state index in [4.69, 9.17) is 0 Å². The highest BCUT2D eigenvalue weighted by Crippen LogP contribution is 2.14. The SMILES string of the molecule is CC(Cc1ccc(F)cc1)Nc1ccc([N+](=O)[O-])nc1. The number of anilines is 1. The van der Waals surface area contributed by atoms with Crippen molar-refractivity contribution in [3.05, 3.63) is 64.1 Å². The maximum atomic E-state index is 12.8. The van der Waals surface area contributed by atoms with E-state index >= 15 is 0 Å². The van der Waals surface area contributed by atoms with Gasteiger partial charge in [0.2, 0.25) is 0 Å². The van der Waals surface area contributed by atoms with Crippen molar-refractivity contribution in [3.8, 4) is 0 Å². The summed E-state index contributed by atoms with van der Waals surface area (Å²) < 4.78 is 12.8. The van der Waals surface area contributed by atoms with Gasteiger partial charge in [-0.05, 0) is 47.0 Å². The van der Waals surface area contributed by atoms with Gasteiger partial charge in [0.15, 0.2) is 6.20 Å². The number of rotatable bonds is 5. The molecule has 1 aromatic heterocycles. The van der Waals surface area contributed by atoms with Crippen molar-refractivity contribution in [3.63, 3.8) is 0 Å². The quantitative estimate of drug-likeness (QED) is 0.672. The van der Waals surface area contributed by atoms with Crippen LogP contribution >= 0.6 is 0 Å². The molecule has 1 atom stereocenters. The van der Waals surface area contributed by atoms with Crippen molar-refractivity contribution in [2.24, 2.45) is 0 Å². The Bertz CT molecular complexity index is 584. The van der Waals surface area contributed by atoms with Crippen LogP contribution in [-0.2, 0) is 6.42 Å². The third-order valence-corrected chi connectivity index (χ3v) is 2.80. The number of nitro groups is 1. The third kappa shape index (κ3) is 3.74. The van der Waals surface area contributed by atoms with E-state index in [1.807, 2.05) is 6.92 Å². The molecular formula is C14H14FN3O2. The molecule has 2 rings (SSSR count). The minimum atomic E-state index is -0.536. The van der Waals surface area contributed by atoms with E-state index in [9.17, 15) is 14.5 Å². The van der Waals surface area contributed by atoms with E-state index in [2.05, 4.69) is 10.3 Å². The summed E-state index contributed by atoms with van der Waals surface area (Å²) in [5, 5.41) is 13.7. The smallest absolute Gasteiger partial charge is 0.363 e. The Labute approximate surface area is 115 Å². The molecule has 0 bridgehead atoms. The van der Waals surface area contributed by atoms with E-state index in [0.717, 1.165) is 12.0 Å². The number of benzene rings is 1. The summed E-state index contributed by atoms with van der Waals surface area (Å²) in [6, 6.07) is 9.40. The van der Waals surface area contributed by atoms with E-state index < -0.39 is 4.92 Å². The summed E-state index contributed by atoms with van der Waals surface area (Å²) in [7, 11) is 0. The molecular weight excluding hydrogens is 261 g/mol. The van der Waals surface area contributed by atoms with Gasteiger partial charge in [-0.1, -0.05) is 12.1 Å². The molecule has 0 spiro atoms. The van der Waals surface area contributed by atoms with Gasteiger partial charge in [-0.25, -0.2) is 4.39 Å². The molecule has 0 aliphatic carbocycles. The number of nitrogens with one attached hydrogen (secondary N) is 1. The average Bonchev–Trinajstić information content (AvgIpc) is 2.42. The van der Waals surface area contributed by atoms with Crippen LogP contribution in [-0.4, -0.2) is 15.9 Å². The van der Waals surface area contributed by atoms with Crippen molar-refractivity contribution in [2.75, 3.05) is 5.32 Å². The lowest BCUT2D eigenvalue weighted by Gasteiger charge is -2.14. The van der Waals surface area contributed by atoms with Gasteiger partial charge < -0.3 is 15.4 Å². The molecule has 6 heteroatoms. The molecule has 0 saturated heterocycles. The number of halogens is 1. The summed E-state index contributed by atoms with van der Waals surface area (Å²) >= 11 is 0. The summed E-state index contributed by atoms with van der Waals surface area (Å²) in [4.78, 5) is 13.7. The van der Waals surface area contributed by atoms with E-state index in [0.29, 0.717) is 5.69 Å². The Balaban J connectivity index is 1.95. The van der Waals surface area contributed by atoms with Crippen LogP contribution in [0.15, 0.2) is 42.6 Å². The molecule has 1 heterocycles. The first kappa shape index (κ1) is 13.9. The summed E-state index contributed by atoms with van der Waals surface area (Å²) in [6.45, 7) is 1.98. The second kappa shape index (κ2) is 6.10. The average molecular weight is 275 g/mol. The van der Waals surface area contributed by atoms with Crippen molar-refractivity contribution in [1.82, 2.24) is 4.98 Å². The Morgan fingerprint density at radius 1 is 1.30 bits per heavy atom. The minimum absolute atomic E-state index is 0.101. The normalized spacial score (nSPS) is 11.9. The molecule has 20 heavy (non-hydrogen) atoms. The van der Waals surface area contributed by atoms with Crippen LogP contribution in [0.1, 0.15) is 12.5 Å². The van der Waals surface area contributed by atoms with Crippen LogP contribution in [0.5, 0.6) is 0 Å². The first-order valence-electron chi connectivity index (χ1n) is 6.16. The van der Waals surface area contributed by atoms with Crippen LogP contribution in [0.4, 0.5) is 15.9 Å². The maximum Gasteiger partial charge on any atom is 0.363 e. The van der Waals surface area contributed by atoms with Gasteiger partial charge in [-0.2, -0.15) is 0 Å². The first-order valence-corrected chi connectivity index (χ1v) is 6.16. The second-order valence-electron chi connectivity index (χ2n) is 4.54. The molecule has 1 unspecified atom stereocenters. The van der Waals surface area contributed by atoms with Gasteiger partial charge in [0.1, 0.15) is 5.82 Å². The van der Waals surface area contributed by atoms with Crippen LogP contribution in [0.2, 0.25) is 0 Å². The van der Waals surface area contributed by atoms with Gasteiger partial charge in [0.05, 0.1) is 5.69 Å². The lowest BCUT2D eigenvalue weighted by molar-refractivity contribution is -0.389. The van der Waals surface area contributed by atoms with Crippen LogP contribution in [0, 0.1) is 15.9 Å². The van der Waals surface area contributed by atoms with Crippen molar-refractivity contribution in [1.29, 1.82) is 0 Å². The highest BCUT2D eigenvalue weighted by molar-refractivity contribution is 5.44. The van der Waals surface area contributed by atoms with Crippen molar-refractivity contribution in [2.45, 2.75) is 19.4 Å². The number of hydrogen-bond acceptors (Lipinski definition) is 4. The van der Waals surface area contributed by atoms with E-state index in [1.54, 1.807) is 18.2 Å². The van der Waals surface area contributed by atoms with E-state index in [-0.39, 0.29) is 17.7 Å². The fourth-order valence-corrected chi connectivity index (χ4v) is 1.89. The predicted octanol–water partition coefficient (Wildman–Crippen LogP) is 3.17. The van der Waals surface area contributed by atoms with Gasteiger partial charge >= 0.3 is 5.82 Å². The fourth-order valence-electron chi connectivity index (χ4n) is 1.89. The Hall–Kier alpha value is -2.50. The molecule has 1 aromatic carbocycles. The molecule has 2 aromatic rings. The molecule has 104 valence electrons. The van der Waals surface area contributed by atoms with Crippen LogP contribution < -0.4 is 5.32 Å². The highest BCUT2D eigenvalue weighted by Gasteiger charge is 2.08. The number of pyridine rings is 1.